The van der Waals surface area contributed by atoms with Crippen molar-refractivity contribution < 1.29 is 23.5 Å². The lowest BCUT2D eigenvalue weighted by molar-refractivity contribution is -0.136. The minimum atomic E-state index is -0.587. The summed E-state index contributed by atoms with van der Waals surface area (Å²) in [6.07, 6.45) is -0.570. The molecule has 0 bridgehead atoms. The largest absolute Gasteiger partial charge is 0.456 e. The lowest BCUT2D eigenvalue weighted by Crippen LogP contribution is -2.47. The minimum absolute atomic E-state index is 0.0903. The summed E-state index contributed by atoms with van der Waals surface area (Å²) in [6, 6.07) is 4.52. The van der Waals surface area contributed by atoms with Crippen LogP contribution in [-0.4, -0.2) is 36.8 Å². The molecule has 5 nitrogen and oxygen atoms in total. The highest BCUT2D eigenvalue weighted by Crippen LogP contribution is 2.44. The Morgan fingerprint density at radius 3 is 2.79 bits per heavy atom. The summed E-state index contributed by atoms with van der Waals surface area (Å²) in [6.45, 7) is 2.02. The Hall–Kier alpha value is -1.86. The van der Waals surface area contributed by atoms with Crippen molar-refractivity contribution in [3.63, 3.8) is 0 Å². The molecule has 0 amide bonds. The molecule has 3 heterocycles. The van der Waals surface area contributed by atoms with Crippen molar-refractivity contribution in [2.75, 3.05) is 13.2 Å². The fourth-order valence-corrected chi connectivity index (χ4v) is 3.87. The molecular weight excluding hydrogens is 381 g/mol. The number of ether oxygens (including phenoxy) is 2. The van der Waals surface area contributed by atoms with Gasteiger partial charge in [-0.15, -0.1) is 0 Å². The number of halogens is 2. The van der Waals surface area contributed by atoms with E-state index in [1.807, 2.05) is 0 Å². The van der Waals surface area contributed by atoms with Gasteiger partial charge in [0.2, 0.25) is 0 Å². The summed E-state index contributed by atoms with van der Waals surface area (Å²) in [7, 11) is 0. The van der Waals surface area contributed by atoms with Crippen LogP contribution in [0.1, 0.15) is 18.4 Å². The molecule has 0 radical (unpaired) electrons. The Morgan fingerprint density at radius 2 is 2.04 bits per heavy atom. The molecule has 7 heteroatoms. The van der Waals surface area contributed by atoms with E-state index in [4.69, 9.17) is 9.47 Å². The average Bonchev–Trinajstić information content (AvgIpc) is 2.93. The minimum Gasteiger partial charge on any atom is -0.456 e. The first-order chi connectivity index (χ1) is 11.5. The van der Waals surface area contributed by atoms with Crippen LogP contribution >= 0.6 is 15.9 Å². The van der Waals surface area contributed by atoms with Gasteiger partial charge in [0.15, 0.2) is 5.78 Å². The van der Waals surface area contributed by atoms with Gasteiger partial charge in [-0.25, -0.2) is 9.18 Å². The highest BCUT2D eigenvalue weighted by atomic mass is 79.9. The van der Waals surface area contributed by atoms with Crippen LogP contribution in [0, 0.1) is 11.7 Å². The fourth-order valence-electron chi connectivity index (χ4n) is 3.47. The SMILES string of the molecule is CC1OCC2=NC3=C(C(=O)OC3)C(c3ccc(F)c(Br)c3)C2C1=O. The van der Waals surface area contributed by atoms with Gasteiger partial charge in [0.1, 0.15) is 18.5 Å². The highest BCUT2D eigenvalue weighted by Gasteiger charge is 2.48. The Bertz CT molecular complexity index is 832. The molecule has 1 saturated heterocycles. The molecule has 1 fully saturated rings. The number of hydrogen-bond acceptors (Lipinski definition) is 5. The first-order valence-corrected chi connectivity index (χ1v) is 8.34. The molecule has 4 rings (SSSR count). The van der Waals surface area contributed by atoms with Gasteiger partial charge < -0.3 is 9.47 Å². The van der Waals surface area contributed by atoms with Crippen molar-refractivity contribution in [2.45, 2.75) is 18.9 Å². The zero-order valence-corrected chi connectivity index (χ0v) is 14.3. The smallest absolute Gasteiger partial charge is 0.337 e. The third kappa shape index (κ3) is 2.26. The second-order valence-electron chi connectivity index (χ2n) is 6.02. The molecule has 124 valence electrons. The Labute approximate surface area is 145 Å². The maximum absolute atomic E-state index is 13.6. The number of rotatable bonds is 1. The monoisotopic (exact) mass is 393 g/mol. The van der Waals surface area contributed by atoms with E-state index < -0.39 is 29.7 Å². The van der Waals surface area contributed by atoms with Gasteiger partial charge in [-0.1, -0.05) is 6.07 Å². The third-order valence-corrected chi connectivity index (χ3v) is 5.25. The quantitative estimate of drug-likeness (QED) is 0.687. The lowest BCUT2D eigenvalue weighted by Gasteiger charge is -2.36. The second-order valence-corrected chi connectivity index (χ2v) is 6.88. The van der Waals surface area contributed by atoms with Crippen molar-refractivity contribution in [3.8, 4) is 0 Å². The van der Waals surface area contributed by atoms with Crippen molar-refractivity contribution in [3.05, 3.63) is 45.3 Å². The van der Waals surface area contributed by atoms with Crippen molar-refractivity contribution in [2.24, 2.45) is 10.9 Å². The zero-order valence-electron chi connectivity index (χ0n) is 12.7. The van der Waals surface area contributed by atoms with E-state index in [1.165, 1.54) is 6.07 Å². The van der Waals surface area contributed by atoms with E-state index in [-0.39, 0.29) is 23.5 Å². The van der Waals surface area contributed by atoms with Crippen LogP contribution in [-0.2, 0) is 19.1 Å². The Kier molecular flexibility index (Phi) is 3.65. The van der Waals surface area contributed by atoms with Crippen molar-refractivity contribution in [1.82, 2.24) is 0 Å². The number of cyclic esters (lactones) is 1. The van der Waals surface area contributed by atoms with Gasteiger partial charge in [-0.05, 0) is 40.5 Å². The molecule has 0 aromatic heterocycles. The topological polar surface area (TPSA) is 65.0 Å². The first kappa shape index (κ1) is 15.7. The molecule has 0 aliphatic carbocycles. The predicted molar refractivity (Wildman–Crippen MR) is 86.2 cm³/mol. The molecule has 3 atom stereocenters. The fraction of sp³-hybridized carbons (Fsp3) is 0.353. The number of fused-ring (bicyclic) bond motifs is 1. The van der Waals surface area contributed by atoms with E-state index in [2.05, 4.69) is 20.9 Å². The number of aliphatic imine (C=N–C) groups is 1. The first-order valence-electron chi connectivity index (χ1n) is 7.55. The van der Waals surface area contributed by atoms with Crippen molar-refractivity contribution >= 4 is 33.4 Å². The molecule has 1 aromatic carbocycles. The summed E-state index contributed by atoms with van der Waals surface area (Å²) in [5.74, 6) is -2.12. The summed E-state index contributed by atoms with van der Waals surface area (Å²) in [5, 5.41) is 0. The Balaban J connectivity index is 1.89. The number of ketones is 1. The Morgan fingerprint density at radius 1 is 1.25 bits per heavy atom. The number of esters is 1. The van der Waals surface area contributed by atoms with Crippen LogP contribution in [0.25, 0.3) is 0 Å². The van der Waals surface area contributed by atoms with E-state index >= 15 is 0 Å². The maximum Gasteiger partial charge on any atom is 0.337 e. The van der Waals surface area contributed by atoms with Gasteiger partial charge in [-0.2, -0.15) is 0 Å². The highest BCUT2D eigenvalue weighted by molar-refractivity contribution is 9.10. The van der Waals surface area contributed by atoms with Crippen LogP contribution < -0.4 is 0 Å². The predicted octanol–water partition coefficient (Wildman–Crippen LogP) is 2.54. The van der Waals surface area contributed by atoms with E-state index in [1.54, 1.807) is 19.1 Å². The van der Waals surface area contributed by atoms with Crippen LogP contribution in [0.2, 0.25) is 0 Å². The summed E-state index contributed by atoms with van der Waals surface area (Å²) in [5.41, 5.74) is 2.20. The van der Waals surface area contributed by atoms with Crippen molar-refractivity contribution in [1.29, 1.82) is 0 Å². The molecule has 3 unspecified atom stereocenters. The molecular formula is C17H13BrFNO4. The number of benzene rings is 1. The summed E-state index contributed by atoms with van der Waals surface area (Å²) in [4.78, 5) is 29.4. The van der Waals surface area contributed by atoms with Gasteiger partial charge in [-0.3, -0.25) is 9.79 Å². The molecule has 3 aliphatic heterocycles. The van der Waals surface area contributed by atoms with Gasteiger partial charge in [0.25, 0.3) is 0 Å². The summed E-state index contributed by atoms with van der Waals surface area (Å²) >= 11 is 3.17. The second kappa shape index (κ2) is 5.60. The number of Topliss-reactive ketones (excluding diaryl/α,β-unsaturated/α-hetero) is 1. The number of carbonyl (C=O) groups is 2. The van der Waals surface area contributed by atoms with E-state index in [9.17, 15) is 14.0 Å². The number of nitrogens with zero attached hydrogens (tertiary/aromatic N) is 1. The van der Waals surface area contributed by atoms with Gasteiger partial charge >= 0.3 is 5.97 Å². The average molecular weight is 394 g/mol. The van der Waals surface area contributed by atoms with Crippen LogP contribution in [0.5, 0.6) is 0 Å². The lowest BCUT2D eigenvalue weighted by atomic mass is 9.72. The summed E-state index contributed by atoms with van der Waals surface area (Å²) < 4.78 is 24.5. The third-order valence-electron chi connectivity index (χ3n) is 4.64. The van der Waals surface area contributed by atoms with Crippen LogP contribution in [0.15, 0.2) is 38.9 Å². The van der Waals surface area contributed by atoms with Gasteiger partial charge in [0.05, 0.1) is 34.0 Å². The molecule has 3 aliphatic rings. The van der Waals surface area contributed by atoms with E-state index in [0.29, 0.717) is 22.5 Å². The van der Waals surface area contributed by atoms with Gasteiger partial charge in [0, 0.05) is 5.92 Å². The maximum atomic E-state index is 13.6. The normalized spacial score (nSPS) is 29.1. The zero-order chi connectivity index (χ0) is 17.0. The van der Waals surface area contributed by atoms with Crippen LogP contribution in [0.3, 0.4) is 0 Å². The van der Waals surface area contributed by atoms with Crippen LogP contribution in [0.4, 0.5) is 4.39 Å². The molecule has 24 heavy (non-hydrogen) atoms. The molecule has 0 N–H and O–H groups in total. The van der Waals surface area contributed by atoms with E-state index in [0.717, 1.165) is 0 Å². The standard InChI is InChI=1S/C17H13BrFNO4/c1-7-16(21)14-11(5-23-7)20-12-6-24-17(22)15(12)13(14)8-2-3-10(19)9(18)4-8/h2-4,7,13-14H,5-6H2,1H3. The molecule has 0 spiro atoms. The molecule has 1 aromatic rings. The number of carbonyl (C=O) groups excluding carboxylic acids is 2. The molecule has 0 saturated carbocycles. The number of hydrogen-bond donors (Lipinski definition) is 0.